The molecular formula is C9H11NO5S2. The van der Waals surface area contributed by atoms with Gasteiger partial charge < -0.3 is 9.84 Å². The van der Waals surface area contributed by atoms with Crippen LogP contribution >= 0.6 is 11.3 Å². The molecule has 0 unspecified atom stereocenters. The SMILES string of the molecule is Cc1sc(C(=O)O)cc1S(=O)(=O)NC1COC1. The molecule has 0 aliphatic carbocycles. The molecule has 1 fully saturated rings. The zero-order chi connectivity index (χ0) is 12.6. The summed E-state index contributed by atoms with van der Waals surface area (Å²) < 4.78 is 31.2. The van der Waals surface area contributed by atoms with Crippen LogP contribution in [0.2, 0.25) is 0 Å². The Hall–Kier alpha value is -0.960. The van der Waals surface area contributed by atoms with Crippen molar-refractivity contribution in [3.05, 3.63) is 15.8 Å². The quantitative estimate of drug-likeness (QED) is 0.832. The van der Waals surface area contributed by atoms with E-state index in [0.717, 1.165) is 11.3 Å². The molecule has 0 atom stereocenters. The van der Waals surface area contributed by atoms with E-state index in [4.69, 9.17) is 9.84 Å². The highest BCUT2D eigenvalue weighted by molar-refractivity contribution is 7.89. The molecule has 1 aromatic rings. The number of rotatable bonds is 4. The van der Waals surface area contributed by atoms with Crippen molar-refractivity contribution in [1.29, 1.82) is 0 Å². The normalized spacial score (nSPS) is 16.8. The average Bonchev–Trinajstić information content (AvgIpc) is 2.55. The van der Waals surface area contributed by atoms with Gasteiger partial charge in [0.15, 0.2) is 0 Å². The van der Waals surface area contributed by atoms with Gasteiger partial charge in [-0.1, -0.05) is 0 Å². The number of carbonyl (C=O) groups is 1. The molecule has 2 heterocycles. The monoisotopic (exact) mass is 277 g/mol. The summed E-state index contributed by atoms with van der Waals surface area (Å²) >= 11 is 0.952. The van der Waals surface area contributed by atoms with E-state index in [-0.39, 0.29) is 15.8 Å². The first-order valence-electron chi connectivity index (χ1n) is 4.84. The van der Waals surface area contributed by atoms with E-state index in [1.54, 1.807) is 6.92 Å². The molecule has 2 N–H and O–H groups in total. The van der Waals surface area contributed by atoms with Crippen LogP contribution < -0.4 is 4.72 Å². The van der Waals surface area contributed by atoms with Crippen molar-refractivity contribution in [2.24, 2.45) is 0 Å². The van der Waals surface area contributed by atoms with Crippen molar-refractivity contribution in [2.45, 2.75) is 17.9 Å². The third-order valence-electron chi connectivity index (χ3n) is 2.33. The molecule has 0 radical (unpaired) electrons. The molecule has 0 bridgehead atoms. The highest BCUT2D eigenvalue weighted by Crippen LogP contribution is 2.26. The van der Waals surface area contributed by atoms with Gasteiger partial charge in [-0.3, -0.25) is 0 Å². The van der Waals surface area contributed by atoms with Gasteiger partial charge in [-0.25, -0.2) is 17.9 Å². The summed E-state index contributed by atoms with van der Waals surface area (Å²) in [6.45, 7) is 2.30. The number of carboxylic acid groups (broad SMARTS) is 1. The van der Waals surface area contributed by atoms with Crippen LogP contribution in [0.1, 0.15) is 14.5 Å². The third-order valence-corrected chi connectivity index (χ3v) is 5.15. The summed E-state index contributed by atoms with van der Waals surface area (Å²) in [6, 6.07) is 0.970. The number of thiophene rings is 1. The molecule has 0 amide bonds. The van der Waals surface area contributed by atoms with Crippen LogP contribution in [0.25, 0.3) is 0 Å². The van der Waals surface area contributed by atoms with Gasteiger partial charge in [0.1, 0.15) is 4.88 Å². The number of hydrogen-bond donors (Lipinski definition) is 2. The number of sulfonamides is 1. The van der Waals surface area contributed by atoms with Gasteiger partial charge in [-0.15, -0.1) is 11.3 Å². The Bertz CT molecular complexity index is 544. The highest BCUT2D eigenvalue weighted by Gasteiger charge is 2.28. The predicted molar refractivity (Wildman–Crippen MR) is 60.9 cm³/mol. The molecule has 94 valence electrons. The third kappa shape index (κ3) is 2.49. The van der Waals surface area contributed by atoms with E-state index in [1.165, 1.54) is 6.07 Å². The maximum Gasteiger partial charge on any atom is 0.345 e. The Morgan fingerprint density at radius 2 is 2.24 bits per heavy atom. The maximum atomic E-state index is 11.9. The second-order valence-electron chi connectivity index (χ2n) is 3.69. The number of aryl methyl sites for hydroxylation is 1. The summed E-state index contributed by atoms with van der Waals surface area (Å²) in [4.78, 5) is 11.3. The molecule has 8 heteroatoms. The Morgan fingerprint density at radius 1 is 1.59 bits per heavy atom. The zero-order valence-electron chi connectivity index (χ0n) is 8.97. The van der Waals surface area contributed by atoms with Gasteiger partial charge in [0.25, 0.3) is 0 Å². The second kappa shape index (κ2) is 4.37. The fraction of sp³-hybridized carbons (Fsp3) is 0.444. The van der Waals surface area contributed by atoms with Gasteiger partial charge in [0.05, 0.1) is 24.2 Å². The van der Waals surface area contributed by atoms with Crippen molar-refractivity contribution in [3.8, 4) is 0 Å². The lowest BCUT2D eigenvalue weighted by Gasteiger charge is -2.26. The molecule has 1 aromatic heterocycles. The van der Waals surface area contributed by atoms with Crippen LogP contribution in [-0.2, 0) is 14.8 Å². The Labute approximate surface area is 102 Å². The van der Waals surface area contributed by atoms with Gasteiger partial charge >= 0.3 is 5.97 Å². The molecule has 0 aromatic carbocycles. The standard InChI is InChI=1S/C9H11NO5S2/c1-5-8(2-7(16-5)9(11)12)17(13,14)10-6-3-15-4-6/h2,6,10H,3-4H2,1H3,(H,11,12). The van der Waals surface area contributed by atoms with Crippen LogP contribution in [0.5, 0.6) is 0 Å². The minimum absolute atomic E-state index is 0.0211. The largest absolute Gasteiger partial charge is 0.477 e. The van der Waals surface area contributed by atoms with Gasteiger partial charge in [-0.2, -0.15) is 0 Å². The minimum Gasteiger partial charge on any atom is -0.477 e. The average molecular weight is 277 g/mol. The zero-order valence-corrected chi connectivity index (χ0v) is 10.6. The van der Waals surface area contributed by atoms with Gasteiger partial charge in [0.2, 0.25) is 10.0 Å². The van der Waals surface area contributed by atoms with Crippen LogP contribution in [0, 0.1) is 6.92 Å². The van der Waals surface area contributed by atoms with Crippen molar-refractivity contribution in [1.82, 2.24) is 4.72 Å². The first kappa shape index (κ1) is 12.5. The summed E-state index contributed by atoms with van der Waals surface area (Å²) in [5, 5.41) is 8.80. The summed E-state index contributed by atoms with van der Waals surface area (Å²) in [6.07, 6.45) is 0. The van der Waals surface area contributed by atoms with Crippen LogP contribution in [0.15, 0.2) is 11.0 Å². The van der Waals surface area contributed by atoms with Crippen molar-refractivity contribution >= 4 is 27.3 Å². The lowest BCUT2D eigenvalue weighted by molar-refractivity contribution is 0.00482. The van der Waals surface area contributed by atoms with E-state index in [9.17, 15) is 13.2 Å². The number of nitrogens with one attached hydrogen (secondary N) is 1. The van der Waals surface area contributed by atoms with E-state index >= 15 is 0 Å². The molecule has 1 aliphatic rings. The second-order valence-corrected chi connectivity index (χ2v) is 6.63. The van der Waals surface area contributed by atoms with Gasteiger partial charge in [0, 0.05) is 4.88 Å². The molecule has 0 spiro atoms. The molecule has 17 heavy (non-hydrogen) atoms. The van der Waals surface area contributed by atoms with E-state index in [0.29, 0.717) is 18.1 Å². The number of ether oxygens (including phenoxy) is 1. The summed E-state index contributed by atoms with van der Waals surface area (Å²) in [7, 11) is -3.65. The molecule has 2 rings (SSSR count). The molecule has 1 saturated heterocycles. The predicted octanol–water partition coefficient (Wildman–Crippen LogP) is 0.432. The fourth-order valence-electron chi connectivity index (χ4n) is 1.42. The van der Waals surface area contributed by atoms with Crippen LogP contribution in [0.4, 0.5) is 0 Å². The van der Waals surface area contributed by atoms with Gasteiger partial charge in [-0.05, 0) is 13.0 Å². The van der Waals surface area contributed by atoms with Crippen LogP contribution in [-0.4, -0.2) is 38.7 Å². The number of aromatic carboxylic acids is 1. The molecule has 1 aliphatic heterocycles. The molecule has 6 nitrogen and oxygen atoms in total. The number of hydrogen-bond acceptors (Lipinski definition) is 5. The summed E-state index contributed by atoms with van der Waals surface area (Å²) in [5.74, 6) is -1.12. The first-order chi connectivity index (χ1) is 7.90. The first-order valence-corrected chi connectivity index (χ1v) is 7.14. The van der Waals surface area contributed by atoms with E-state index in [2.05, 4.69) is 4.72 Å². The lowest BCUT2D eigenvalue weighted by Crippen LogP contribution is -2.48. The maximum absolute atomic E-state index is 11.9. The highest BCUT2D eigenvalue weighted by atomic mass is 32.2. The Balaban J connectivity index is 2.28. The Kier molecular flexibility index (Phi) is 3.21. The summed E-state index contributed by atoms with van der Waals surface area (Å²) in [5.41, 5.74) is 0. The minimum atomic E-state index is -3.65. The number of carboxylic acids is 1. The smallest absolute Gasteiger partial charge is 0.345 e. The molecular weight excluding hydrogens is 266 g/mol. The van der Waals surface area contributed by atoms with Crippen molar-refractivity contribution < 1.29 is 23.1 Å². The topological polar surface area (TPSA) is 92.7 Å². The lowest BCUT2D eigenvalue weighted by atomic mass is 10.3. The van der Waals surface area contributed by atoms with Crippen molar-refractivity contribution in [3.63, 3.8) is 0 Å². The molecule has 0 saturated carbocycles. The van der Waals surface area contributed by atoms with Crippen molar-refractivity contribution in [2.75, 3.05) is 13.2 Å². The van der Waals surface area contributed by atoms with Crippen LogP contribution in [0.3, 0.4) is 0 Å². The Morgan fingerprint density at radius 3 is 2.65 bits per heavy atom. The fourth-order valence-corrected chi connectivity index (χ4v) is 4.06. The van der Waals surface area contributed by atoms with E-state index in [1.807, 2.05) is 0 Å². The van der Waals surface area contributed by atoms with E-state index < -0.39 is 16.0 Å².